The SMILES string of the molecule is CCc1cc(Cl)c(Cl)cc1OC(=O)C1CCN(C(=O)N(C)C)CC1. The molecule has 2 amide bonds. The molecule has 132 valence electrons. The Hall–Kier alpha value is -1.46. The van der Waals surface area contributed by atoms with Gasteiger partial charge >= 0.3 is 12.0 Å². The average Bonchev–Trinajstić information content (AvgIpc) is 2.57. The van der Waals surface area contributed by atoms with Crippen LogP contribution in [0.2, 0.25) is 10.0 Å². The van der Waals surface area contributed by atoms with Crippen molar-refractivity contribution in [3.8, 4) is 5.75 Å². The lowest BCUT2D eigenvalue weighted by Crippen LogP contribution is -2.45. The molecule has 7 heteroatoms. The van der Waals surface area contributed by atoms with E-state index in [0.717, 1.165) is 5.56 Å². The molecule has 2 rings (SSSR count). The van der Waals surface area contributed by atoms with Crippen molar-refractivity contribution in [3.63, 3.8) is 0 Å². The summed E-state index contributed by atoms with van der Waals surface area (Å²) in [7, 11) is 3.44. The fourth-order valence-corrected chi connectivity index (χ4v) is 3.06. The molecule has 0 N–H and O–H groups in total. The maximum atomic E-state index is 12.4. The van der Waals surface area contributed by atoms with E-state index in [4.69, 9.17) is 27.9 Å². The Morgan fingerprint density at radius 2 is 1.79 bits per heavy atom. The van der Waals surface area contributed by atoms with Gasteiger partial charge in [-0.05, 0) is 30.9 Å². The van der Waals surface area contributed by atoms with Crippen LogP contribution < -0.4 is 4.74 Å². The second kappa shape index (κ2) is 8.08. The van der Waals surface area contributed by atoms with Crippen LogP contribution in [0.15, 0.2) is 12.1 Å². The molecule has 1 aliphatic heterocycles. The number of nitrogens with zero attached hydrogens (tertiary/aromatic N) is 2. The molecule has 0 aliphatic carbocycles. The summed E-state index contributed by atoms with van der Waals surface area (Å²) in [5.41, 5.74) is 0.845. The number of carbonyl (C=O) groups excluding carboxylic acids is 2. The number of halogens is 2. The van der Waals surface area contributed by atoms with Gasteiger partial charge in [-0.25, -0.2) is 4.79 Å². The molecule has 0 saturated carbocycles. The third kappa shape index (κ3) is 4.33. The van der Waals surface area contributed by atoms with Gasteiger partial charge in [-0.15, -0.1) is 0 Å². The second-order valence-electron chi connectivity index (χ2n) is 6.09. The molecule has 0 unspecified atom stereocenters. The molecule has 0 atom stereocenters. The number of ether oxygens (including phenoxy) is 1. The summed E-state index contributed by atoms with van der Waals surface area (Å²) in [5.74, 6) is -0.0286. The largest absolute Gasteiger partial charge is 0.426 e. The van der Waals surface area contributed by atoms with Crippen LogP contribution in [0.4, 0.5) is 4.79 Å². The molecule has 1 aromatic rings. The van der Waals surface area contributed by atoms with Gasteiger partial charge < -0.3 is 14.5 Å². The van der Waals surface area contributed by atoms with Gasteiger partial charge in [0, 0.05) is 33.3 Å². The smallest absolute Gasteiger partial charge is 0.319 e. The highest BCUT2D eigenvalue weighted by molar-refractivity contribution is 6.42. The summed E-state index contributed by atoms with van der Waals surface area (Å²) < 4.78 is 5.56. The minimum Gasteiger partial charge on any atom is -0.426 e. The number of hydrogen-bond donors (Lipinski definition) is 0. The lowest BCUT2D eigenvalue weighted by atomic mass is 9.97. The third-order valence-electron chi connectivity index (χ3n) is 4.18. The molecule has 0 bridgehead atoms. The Kier molecular flexibility index (Phi) is 6.35. The number of carbonyl (C=O) groups is 2. The lowest BCUT2D eigenvalue weighted by molar-refractivity contribution is -0.140. The zero-order valence-corrected chi connectivity index (χ0v) is 15.7. The van der Waals surface area contributed by atoms with Crippen molar-refractivity contribution in [2.75, 3.05) is 27.2 Å². The van der Waals surface area contributed by atoms with Crippen molar-refractivity contribution in [1.29, 1.82) is 0 Å². The van der Waals surface area contributed by atoms with Gasteiger partial charge in [0.15, 0.2) is 0 Å². The van der Waals surface area contributed by atoms with Gasteiger partial charge in [-0.2, -0.15) is 0 Å². The molecular formula is C17H22Cl2N2O3. The van der Waals surface area contributed by atoms with Crippen molar-refractivity contribution in [1.82, 2.24) is 9.80 Å². The van der Waals surface area contributed by atoms with Crippen molar-refractivity contribution < 1.29 is 14.3 Å². The predicted octanol–water partition coefficient (Wildman–Crippen LogP) is 3.85. The van der Waals surface area contributed by atoms with Gasteiger partial charge in [-0.1, -0.05) is 30.1 Å². The molecule has 1 aliphatic rings. The number of rotatable bonds is 3. The van der Waals surface area contributed by atoms with Gasteiger partial charge in [0.2, 0.25) is 0 Å². The van der Waals surface area contributed by atoms with Crippen LogP contribution in [0.1, 0.15) is 25.3 Å². The van der Waals surface area contributed by atoms with Crippen molar-refractivity contribution in [2.45, 2.75) is 26.2 Å². The Balaban J connectivity index is 2.00. The number of likely N-dealkylation sites (tertiary alicyclic amines) is 1. The monoisotopic (exact) mass is 372 g/mol. The van der Waals surface area contributed by atoms with Crippen molar-refractivity contribution in [3.05, 3.63) is 27.7 Å². The van der Waals surface area contributed by atoms with E-state index in [9.17, 15) is 9.59 Å². The standard InChI is InChI=1S/C17H22Cl2N2O3/c1-4-11-9-13(18)14(19)10-15(11)24-16(22)12-5-7-21(8-6-12)17(23)20(2)3/h9-10,12H,4-8H2,1-3H3. The molecule has 1 saturated heterocycles. The van der Waals surface area contributed by atoms with Gasteiger partial charge in [0.05, 0.1) is 16.0 Å². The summed E-state index contributed by atoms with van der Waals surface area (Å²) in [6.45, 7) is 3.07. The van der Waals surface area contributed by atoms with E-state index in [-0.39, 0.29) is 17.9 Å². The first-order valence-corrected chi connectivity index (χ1v) is 8.75. The highest BCUT2D eigenvalue weighted by Gasteiger charge is 2.29. The summed E-state index contributed by atoms with van der Waals surface area (Å²) in [4.78, 5) is 27.7. The van der Waals surface area contributed by atoms with E-state index >= 15 is 0 Å². The first kappa shape index (κ1) is 18.9. The molecule has 5 nitrogen and oxygen atoms in total. The summed E-state index contributed by atoms with van der Waals surface area (Å²) in [6.07, 6.45) is 1.89. The molecule has 24 heavy (non-hydrogen) atoms. The van der Waals surface area contributed by atoms with Gasteiger partial charge in [-0.3, -0.25) is 4.79 Å². The third-order valence-corrected chi connectivity index (χ3v) is 4.90. The van der Waals surface area contributed by atoms with Crippen LogP contribution in [0.5, 0.6) is 5.75 Å². The predicted molar refractivity (Wildman–Crippen MR) is 94.9 cm³/mol. The zero-order chi connectivity index (χ0) is 17.9. The molecule has 0 spiro atoms. The molecular weight excluding hydrogens is 351 g/mol. The zero-order valence-electron chi connectivity index (χ0n) is 14.1. The Bertz CT molecular complexity index is 627. The topological polar surface area (TPSA) is 49.9 Å². The number of benzene rings is 1. The Labute approximate surface area is 152 Å². The number of esters is 1. The van der Waals surface area contributed by atoms with Crippen LogP contribution in [0.3, 0.4) is 0 Å². The highest BCUT2D eigenvalue weighted by Crippen LogP contribution is 2.32. The maximum absolute atomic E-state index is 12.4. The van der Waals surface area contributed by atoms with Crippen molar-refractivity contribution in [2.24, 2.45) is 5.92 Å². The molecule has 1 heterocycles. The van der Waals surface area contributed by atoms with Crippen LogP contribution >= 0.6 is 23.2 Å². The van der Waals surface area contributed by atoms with Crippen LogP contribution in [0.25, 0.3) is 0 Å². The normalized spacial score (nSPS) is 15.3. The quantitative estimate of drug-likeness (QED) is 0.597. The van der Waals surface area contributed by atoms with Crippen molar-refractivity contribution >= 4 is 35.2 Å². The molecule has 1 aromatic carbocycles. The van der Waals surface area contributed by atoms with Crippen LogP contribution in [-0.4, -0.2) is 49.0 Å². The summed E-state index contributed by atoms with van der Waals surface area (Å²) >= 11 is 12.0. The average molecular weight is 373 g/mol. The minimum absolute atomic E-state index is 0.0282. The number of piperidine rings is 1. The Morgan fingerprint density at radius 3 is 2.33 bits per heavy atom. The van der Waals surface area contributed by atoms with Crippen LogP contribution in [-0.2, 0) is 11.2 Å². The van der Waals surface area contributed by atoms with E-state index in [2.05, 4.69) is 0 Å². The van der Waals surface area contributed by atoms with E-state index in [1.54, 1.807) is 36.0 Å². The number of hydrogen-bond acceptors (Lipinski definition) is 3. The summed E-state index contributed by atoms with van der Waals surface area (Å²) in [6, 6.07) is 3.29. The number of aryl methyl sites for hydroxylation is 1. The van der Waals surface area contributed by atoms with Crippen LogP contribution in [0, 0.1) is 5.92 Å². The number of amides is 2. The van der Waals surface area contributed by atoms with E-state index < -0.39 is 0 Å². The molecule has 0 aromatic heterocycles. The maximum Gasteiger partial charge on any atom is 0.319 e. The number of urea groups is 1. The first-order chi connectivity index (χ1) is 11.3. The van der Waals surface area contributed by atoms with E-state index in [1.165, 1.54) is 0 Å². The Morgan fingerprint density at radius 1 is 1.21 bits per heavy atom. The minimum atomic E-state index is -0.278. The van der Waals surface area contributed by atoms with Gasteiger partial charge in [0.1, 0.15) is 5.75 Å². The fraction of sp³-hybridized carbons (Fsp3) is 0.529. The highest BCUT2D eigenvalue weighted by atomic mass is 35.5. The lowest BCUT2D eigenvalue weighted by Gasteiger charge is -2.32. The van der Waals surface area contributed by atoms with E-state index in [1.807, 2.05) is 6.92 Å². The van der Waals surface area contributed by atoms with Gasteiger partial charge in [0.25, 0.3) is 0 Å². The summed E-state index contributed by atoms with van der Waals surface area (Å²) in [5, 5.41) is 0.812. The van der Waals surface area contributed by atoms with E-state index in [0.29, 0.717) is 48.1 Å². The molecule has 1 fully saturated rings. The first-order valence-electron chi connectivity index (χ1n) is 7.99. The fourth-order valence-electron chi connectivity index (χ4n) is 2.72. The molecule has 0 radical (unpaired) electrons. The second-order valence-corrected chi connectivity index (χ2v) is 6.90.